The number of anilines is 1. The number of hydrogen-bond donors (Lipinski definition) is 1. The fraction of sp³-hybridized carbons (Fsp3) is 0.125. The minimum Gasteiger partial charge on any atom is -0.462 e. The van der Waals surface area contributed by atoms with Crippen LogP contribution in [0.15, 0.2) is 57.7 Å². The predicted octanol–water partition coefficient (Wildman–Crippen LogP) is 3.88. The van der Waals surface area contributed by atoms with Crippen molar-refractivity contribution < 1.29 is 33.1 Å². The van der Waals surface area contributed by atoms with E-state index in [9.17, 15) is 24.5 Å². The molecule has 4 rings (SSSR count). The van der Waals surface area contributed by atoms with E-state index in [0.717, 1.165) is 6.07 Å². The number of carbonyl (C=O) groups excluding carboxylic acids is 2. The summed E-state index contributed by atoms with van der Waals surface area (Å²) >= 11 is 0. The van der Waals surface area contributed by atoms with Crippen molar-refractivity contribution in [3.05, 3.63) is 91.5 Å². The zero-order valence-corrected chi connectivity index (χ0v) is 18.3. The second-order valence-corrected chi connectivity index (χ2v) is 7.12. The maximum absolute atomic E-state index is 12.6. The second kappa shape index (κ2) is 9.91. The molecule has 2 heterocycles. The summed E-state index contributed by atoms with van der Waals surface area (Å²) in [5.74, 6) is -1.07. The van der Waals surface area contributed by atoms with E-state index in [1.807, 2.05) is 0 Å². The van der Waals surface area contributed by atoms with Gasteiger partial charge in [0, 0.05) is 5.56 Å². The normalized spacial score (nSPS) is 11.9. The van der Waals surface area contributed by atoms with E-state index in [4.69, 9.17) is 18.6 Å². The first kappa shape index (κ1) is 23.2. The Kier molecular flexibility index (Phi) is 6.58. The average Bonchev–Trinajstić information content (AvgIpc) is 3.31. The van der Waals surface area contributed by atoms with Crippen LogP contribution in [0.3, 0.4) is 0 Å². The van der Waals surface area contributed by atoms with Gasteiger partial charge < -0.3 is 23.9 Å². The Morgan fingerprint density at radius 3 is 2.51 bits per heavy atom. The molecule has 0 spiro atoms. The first-order valence-corrected chi connectivity index (χ1v) is 10.3. The molecule has 0 unspecified atom stereocenters. The van der Waals surface area contributed by atoms with Crippen LogP contribution in [0.1, 0.15) is 39.0 Å². The van der Waals surface area contributed by atoms with Crippen molar-refractivity contribution in [2.45, 2.75) is 6.92 Å². The van der Waals surface area contributed by atoms with Crippen LogP contribution in [0.2, 0.25) is 0 Å². The summed E-state index contributed by atoms with van der Waals surface area (Å²) in [6, 6.07) is 11.9. The fourth-order valence-corrected chi connectivity index (χ4v) is 3.25. The van der Waals surface area contributed by atoms with Crippen LogP contribution in [-0.4, -0.2) is 30.2 Å². The number of nitro groups is 1. The van der Waals surface area contributed by atoms with Gasteiger partial charge in [0.2, 0.25) is 6.79 Å². The van der Waals surface area contributed by atoms with Gasteiger partial charge in [0.1, 0.15) is 17.0 Å². The van der Waals surface area contributed by atoms with E-state index < -0.39 is 22.4 Å². The number of nitro benzene ring substituents is 1. The average molecular weight is 478 g/mol. The Balaban J connectivity index is 1.72. The summed E-state index contributed by atoms with van der Waals surface area (Å²) < 4.78 is 20.7. The highest BCUT2D eigenvalue weighted by atomic mass is 16.7. The molecule has 0 radical (unpaired) electrons. The lowest BCUT2D eigenvalue weighted by molar-refractivity contribution is -0.385. The monoisotopic (exact) mass is 478 g/mol. The highest BCUT2D eigenvalue weighted by molar-refractivity contribution is 6.05. The number of esters is 1. The molecule has 1 aliphatic heterocycles. The third kappa shape index (κ3) is 5.03. The van der Waals surface area contributed by atoms with Gasteiger partial charge in [-0.25, -0.2) is 9.59 Å². The zero-order valence-electron chi connectivity index (χ0n) is 18.3. The van der Waals surface area contributed by atoms with E-state index in [-0.39, 0.29) is 47.4 Å². The number of nitrogens with one attached hydrogen (secondary N) is 1. The Labute approximate surface area is 197 Å². The topological polar surface area (TPSA) is 147 Å². The van der Waals surface area contributed by atoms with Gasteiger partial charge in [0.25, 0.3) is 11.6 Å². The molecule has 0 fully saturated rings. The number of fused-ring (bicyclic) bond motifs is 1. The lowest BCUT2D eigenvalue weighted by atomic mass is 10.1. The van der Waals surface area contributed by atoms with Gasteiger partial charge in [0.05, 0.1) is 23.2 Å². The number of carbonyl (C=O) groups is 2. The van der Waals surface area contributed by atoms with Crippen LogP contribution in [0.25, 0.3) is 12.2 Å². The van der Waals surface area contributed by atoms with Gasteiger partial charge in [-0.1, -0.05) is 18.2 Å². The third-order valence-corrected chi connectivity index (χ3v) is 4.89. The van der Waals surface area contributed by atoms with E-state index in [0.29, 0.717) is 11.3 Å². The molecule has 1 N–H and O–H groups in total. The summed E-state index contributed by atoms with van der Waals surface area (Å²) in [4.78, 5) is 48.5. The Morgan fingerprint density at radius 2 is 1.83 bits per heavy atom. The molecule has 11 nitrogen and oxygen atoms in total. The van der Waals surface area contributed by atoms with Crippen LogP contribution in [0.4, 0.5) is 11.4 Å². The molecule has 2 aromatic carbocycles. The van der Waals surface area contributed by atoms with Crippen LogP contribution in [0.5, 0.6) is 11.5 Å². The SMILES string of the molecule is CCOC(=O)c1cc(NC(=O)c2ccccc2)c(=O)oc1/C=C/c1cc2c(cc1[N+](=O)[O-])OCO2. The number of hydrogen-bond acceptors (Lipinski definition) is 9. The number of nitrogens with zero attached hydrogens (tertiary/aromatic N) is 1. The van der Waals surface area contributed by atoms with E-state index in [1.165, 1.54) is 24.3 Å². The molecular weight excluding hydrogens is 460 g/mol. The molecule has 3 aromatic rings. The number of ether oxygens (including phenoxy) is 3. The van der Waals surface area contributed by atoms with E-state index in [2.05, 4.69) is 5.32 Å². The minimum atomic E-state index is -0.929. The van der Waals surface area contributed by atoms with Crippen LogP contribution in [-0.2, 0) is 4.74 Å². The largest absolute Gasteiger partial charge is 0.462 e. The fourth-order valence-electron chi connectivity index (χ4n) is 3.25. The van der Waals surface area contributed by atoms with Crippen molar-refractivity contribution in [3.8, 4) is 11.5 Å². The summed E-state index contributed by atoms with van der Waals surface area (Å²) in [6.45, 7) is 1.57. The van der Waals surface area contributed by atoms with Crippen LogP contribution >= 0.6 is 0 Å². The lowest BCUT2D eigenvalue weighted by Gasteiger charge is -2.09. The Morgan fingerprint density at radius 1 is 1.11 bits per heavy atom. The highest BCUT2D eigenvalue weighted by Crippen LogP contribution is 2.38. The molecular formula is C24H18N2O9. The van der Waals surface area contributed by atoms with Gasteiger partial charge >= 0.3 is 11.6 Å². The molecule has 1 aromatic heterocycles. The van der Waals surface area contributed by atoms with Gasteiger partial charge in [-0.15, -0.1) is 0 Å². The molecule has 0 saturated heterocycles. The molecule has 1 amide bonds. The minimum absolute atomic E-state index is 0.0421. The molecule has 0 atom stereocenters. The number of rotatable bonds is 7. The van der Waals surface area contributed by atoms with Crippen molar-refractivity contribution in [2.75, 3.05) is 18.7 Å². The zero-order chi connectivity index (χ0) is 24.9. The van der Waals surface area contributed by atoms with Gasteiger partial charge in [-0.05, 0) is 43.3 Å². The molecule has 178 valence electrons. The number of benzene rings is 2. The molecule has 35 heavy (non-hydrogen) atoms. The molecule has 1 aliphatic rings. The van der Waals surface area contributed by atoms with Crippen LogP contribution in [0, 0.1) is 10.1 Å². The Bertz CT molecular complexity index is 1390. The quantitative estimate of drug-likeness (QED) is 0.303. The highest BCUT2D eigenvalue weighted by Gasteiger charge is 2.23. The summed E-state index contributed by atoms with van der Waals surface area (Å²) in [5, 5.41) is 13.9. The molecule has 11 heteroatoms. The van der Waals surface area contributed by atoms with Crippen LogP contribution < -0.4 is 20.4 Å². The van der Waals surface area contributed by atoms with Crippen molar-refractivity contribution in [3.63, 3.8) is 0 Å². The first-order chi connectivity index (χ1) is 16.9. The van der Waals surface area contributed by atoms with Crippen molar-refractivity contribution in [2.24, 2.45) is 0 Å². The summed E-state index contributed by atoms with van der Waals surface area (Å²) in [6.07, 6.45) is 2.52. The van der Waals surface area contributed by atoms with Crippen molar-refractivity contribution >= 4 is 35.4 Å². The maximum Gasteiger partial charge on any atom is 0.360 e. The van der Waals surface area contributed by atoms with E-state index >= 15 is 0 Å². The predicted molar refractivity (Wildman–Crippen MR) is 123 cm³/mol. The molecule has 0 aliphatic carbocycles. The molecule has 0 saturated carbocycles. The maximum atomic E-state index is 12.6. The molecule has 0 bridgehead atoms. The third-order valence-electron chi connectivity index (χ3n) is 4.89. The summed E-state index contributed by atoms with van der Waals surface area (Å²) in [5.41, 5.74) is -1.22. The Hall–Kier alpha value is -4.93. The summed E-state index contributed by atoms with van der Waals surface area (Å²) in [7, 11) is 0. The van der Waals surface area contributed by atoms with Crippen molar-refractivity contribution in [1.29, 1.82) is 0 Å². The van der Waals surface area contributed by atoms with Crippen molar-refractivity contribution in [1.82, 2.24) is 0 Å². The first-order valence-electron chi connectivity index (χ1n) is 10.3. The standard InChI is InChI=1S/C24H18N2O9/c1-2-32-23(28)16-11-17(25-22(27)14-6-4-3-5-7-14)24(29)35-19(16)9-8-15-10-20-21(34-13-33-20)12-18(15)26(30)31/h3-12H,2,13H2,1H3,(H,25,27)/b9-8+. The van der Waals surface area contributed by atoms with E-state index in [1.54, 1.807) is 37.3 Å². The smallest absolute Gasteiger partial charge is 0.360 e. The number of amides is 1. The second-order valence-electron chi connectivity index (χ2n) is 7.12. The van der Waals surface area contributed by atoms with Gasteiger partial charge in [0.15, 0.2) is 11.5 Å². The van der Waals surface area contributed by atoms with Gasteiger partial charge in [-0.3, -0.25) is 14.9 Å². The lowest BCUT2D eigenvalue weighted by Crippen LogP contribution is -2.20. The van der Waals surface area contributed by atoms with Gasteiger partial charge in [-0.2, -0.15) is 0 Å².